The van der Waals surface area contributed by atoms with Crippen molar-refractivity contribution in [3.63, 3.8) is 0 Å². The number of nitrogens with zero attached hydrogens (tertiary/aromatic N) is 3. The Morgan fingerprint density at radius 1 is 1.28 bits per heavy atom. The summed E-state index contributed by atoms with van der Waals surface area (Å²) in [5, 5.41) is 8.97. The van der Waals surface area contributed by atoms with Gasteiger partial charge in [-0.1, -0.05) is 36.7 Å². The molecule has 25 heavy (non-hydrogen) atoms. The molecule has 0 saturated carbocycles. The van der Waals surface area contributed by atoms with Gasteiger partial charge in [0.15, 0.2) is 5.69 Å². The Labute approximate surface area is 144 Å². The summed E-state index contributed by atoms with van der Waals surface area (Å²) in [4.78, 5) is 25.0. The van der Waals surface area contributed by atoms with Crippen LogP contribution in [-0.2, 0) is 17.9 Å². The molecule has 130 valence electrons. The van der Waals surface area contributed by atoms with Gasteiger partial charge in [0.05, 0.1) is 5.39 Å². The van der Waals surface area contributed by atoms with Gasteiger partial charge in [0, 0.05) is 18.0 Å². The first-order chi connectivity index (χ1) is 12.1. The monoisotopic (exact) mass is 341 g/mol. The van der Waals surface area contributed by atoms with E-state index in [2.05, 4.69) is 10.3 Å². The van der Waals surface area contributed by atoms with E-state index < -0.39 is 5.97 Å². The standard InChI is InChI=1S/C18H19N3O4/c1-3-4-9-21-17(22)15-8-6-5-7-14(15)16(19-21)18(23)24-11-13-10-12(2)25-20-13/h5-8,10H,3-4,9,11H2,1-2H3. The number of hydrogen-bond acceptors (Lipinski definition) is 6. The van der Waals surface area contributed by atoms with Crippen molar-refractivity contribution in [3.8, 4) is 0 Å². The van der Waals surface area contributed by atoms with Crippen LogP contribution >= 0.6 is 0 Å². The van der Waals surface area contributed by atoms with Crippen LogP contribution in [0.15, 0.2) is 39.6 Å². The van der Waals surface area contributed by atoms with Crippen molar-refractivity contribution >= 4 is 16.7 Å². The summed E-state index contributed by atoms with van der Waals surface area (Å²) in [6.45, 7) is 4.24. The predicted octanol–water partition coefficient (Wildman–Crippen LogP) is 2.85. The highest BCUT2D eigenvalue weighted by molar-refractivity contribution is 6.02. The van der Waals surface area contributed by atoms with E-state index in [0.29, 0.717) is 28.8 Å². The Hall–Kier alpha value is -2.96. The van der Waals surface area contributed by atoms with Crippen molar-refractivity contribution in [2.45, 2.75) is 39.8 Å². The summed E-state index contributed by atoms with van der Waals surface area (Å²) in [6.07, 6.45) is 1.73. The van der Waals surface area contributed by atoms with Crippen LogP contribution in [0.4, 0.5) is 0 Å². The summed E-state index contributed by atoms with van der Waals surface area (Å²) < 4.78 is 11.6. The normalized spacial score (nSPS) is 11.0. The van der Waals surface area contributed by atoms with Crippen LogP contribution in [0, 0.1) is 6.92 Å². The minimum absolute atomic E-state index is 0.0136. The fraction of sp³-hybridized carbons (Fsp3) is 0.333. The van der Waals surface area contributed by atoms with E-state index in [1.54, 1.807) is 37.3 Å². The predicted molar refractivity (Wildman–Crippen MR) is 91.3 cm³/mol. The zero-order chi connectivity index (χ0) is 17.8. The molecule has 0 N–H and O–H groups in total. The quantitative estimate of drug-likeness (QED) is 0.641. The Morgan fingerprint density at radius 3 is 2.72 bits per heavy atom. The van der Waals surface area contributed by atoms with Gasteiger partial charge in [0.1, 0.15) is 18.1 Å². The van der Waals surface area contributed by atoms with E-state index in [4.69, 9.17) is 9.26 Å². The molecule has 3 aromatic rings. The van der Waals surface area contributed by atoms with Crippen molar-refractivity contribution in [1.82, 2.24) is 14.9 Å². The van der Waals surface area contributed by atoms with Crippen LogP contribution in [0.3, 0.4) is 0 Å². The van der Waals surface area contributed by atoms with E-state index in [9.17, 15) is 9.59 Å². The van der Waals surface area contributed by atoms with Crippen LogP contribution in [0.5, 0.6) is 0 Å². The lowest BCUT2D eigenvalue weighted by Gasteiger charge is -2.10. The topological polar surface area (TPSA) is 87.2 Å². The molecule has 2 aromatic heterocycles. The molecule has 2 heterocycles. The fourth-order valence-corrected chi connectivity index (χ4v) is 2.54. The van der Waals surface area contributed by atoms with Gasteiger partial charge in [0.25, 0.3) is 5.56 Å². The minimum atomic E-state index is -0.595. The zero-order valence-corrected chi connectivity index (χ0v) is 14.2. The first kappa shape index (κ1) is 16.9. The number of carbonyl (C=O) groups excluding carboxylic acids is 1. The van der Waals surface area contributed by atoms with Crippen LogP contribution in [0.2, 0.25) is 0 Å². The number of unbranched alkanes of at least 4 members (excludes halogenated alkanes) is 1. The van der Waals surface area contributed by atoms with Gasteiger partial charge in [-0.15, -0.1) is 0 Å². The molecule has 1 aromatic carbocycles. The lowest BCUT2D eigenvalue weighted by molar-refractivity contribution is 0.0457. The van der Waals surface area contributed by atoms with Gasteiger partial charge in [-0.05, 0) is 19.4 Å². The van der Waals surface area contributed by atoms with Gasteiger partial charge in [-0.2, -0.15) is 5.10 Å². The molecule has 0 spiro atoms. The molecule has 7 nitrogen and oxygen atoms in total. The Morgan fingerprint density at radius 2 is 2.04 bits per heavy atom. The number of ether oxygens (including phenoxy) is 1. The van der Waals surface area contributed by atoms with E-state index in [1.807, 2.05) is 6.92 Å². The number of fused-ring (bicyclic) bond motifs is 1. The Bertz CT molecular complexity index is 958. The third kappa shape index (κ3) is 3.60. The molecule has 0 amide bonds. The maximum Gasteiger partial charge on any atom is 0.359 e. The van der Waals surface area contributed by atoms with E-state index in [0.717, 1.165) is 12.8 Å². The number of carbonyl (C=O) groups is 1. The molecule has 0 aliphatic carbocycles. The van der Waals surface area contributed by atoms with Gasteiger partial charge in [-0.3, -0.25) is 4.79 Å². The number of aryl methyl sites for hydroxylation is 2. The van der Waals surface area contributed by atoms with E-state index >= 15 is 0 Å². The summed E-state index contributed by atoms with van der Waals surface area (Å²) in [5.41, 5.74) is 0.453. The van der Waals surface area contributed by atoms with E-state index in [1.165, 1.54) is 4.68 Å². The molecule has 7 heteroatoms. The van der Waals surface area contributed by atoms with Gasteiger partial charge < -0.3 is 9.26 Å². The second-order valence-electron chi connectivity index (χ2n) is 5.78. The van der Waals surface area contributed by atoms with Gasteiger partial charge in [-0.25, -0.2) is 9.48 Å². The highest BCUT2D eigenvalue weighted by atomic mass is 16.5. The first-order valence-corrected chi connectivity index (χ1v) is 8.19. The molecule has 0 aliphatic rings. The molecule has 0 radical (unpaired) electrons. The fourth-order valence-electron chi connectivity index (χ4n) is 2.54. The SMILES string of the molecule is CCCCn1nc(C(=O)OCc2cc(C)on2)c2ccccc2c1=O. The van der Waals surface area contributed by atoms with Crippen LogP contribution in [0.25, 0.3) is 10.8 Å². The highest BCUT2D eigenvalue weighted by Crippen LogP contribution is 2.15. The minimum Gasteiger partial charge on any atom is -0.454 e. The van der Waals surface area contributed by atoms with Crippen molar-refractivity contribution in [2.24, 2.45) is 0 Å². The summed E-state index contributed by atoms with van der Waals surface area (Å²) in [6, 6.07) is 8.62. The number of rotatable bonds is 6. The molecule has 0 aliphatic heterocycles. The van der Waals surface area contributed by atoms with Gasteiger partial charge >= 0.3 is 5.97 Å². The lowest BCUT2D eigenvalue weighted by atomic mass is 10.1. The largest absolute Gasteiger partial charge is 0.454 e. The average molecular weight is 341 g/mol. The molecular weight excluding hydrogens is 322 g/mol. The van der Waals surface area contributed by atoms with Crippen LogP contribution in [-0.4, -0.2) is 20.9 Å². The molecule has 0 saturated heterocycles. The smallest absolute Gasteiger partial charge is 0.359 e. The third-order valence-electron chi connectivity index (χ3n) is 3.81. The first-order valence-electron chi connectivity index (χ1n) is 8.19. The molecule has 0 unspecified atom stereocenters. The summed E-state index contributed by atoms with van der Waals surface area (Å²) >= 11 is 0. The van der Waals surface area contributed by atoms with E-state index in [-0.39, 0.29) is 17.9 Å². The number of esters is 1. The number of aromatic nitrogens is 3. The van der Waals surface area contributed by atoms with Gasteiger partial charge in [0.2, 0.25) is 0 Å². The van der Waals surface area contributed by atoms with Crippen LogP contribution < -0.4 is 5.56 Å². The Balaban J connectivity index is 1.94. The zero-order valence-electron chi connectivity index (χ0n) is 14.2. The summed E-state index contributed by atoms with van der Waals surface area (Å²) in [5.74, 6) is 0.0461. The third-order valence-corrected chi connectivity index (χ3v) is 3.81. The molecule has 0 bridgehead atoms. The molecule has 0 atom stereocenters. The molecular formula is C18H19N3O4. The second-order valence-corrected chi connectivity index (χ2v) is 5.78. The number of benzene rings is 1. The van der Waals surface area contributed by atoms with Crippen molar-refractivity contribution in [3.05, 3.63) is 57.8 Å². The summed E-state index contributed by atoms with van der Waals surface area (Å²) in [7, 11) is 0. The molecule has 3 rings (SSSR count). The number of hydrogen-bond donors (Lipinski definition) is 0. The Kier molecular flexibility index (Phi) is 4.92. The highest BCUT2D eigenvalue weighted by Gasteiger charge is 2.18. The van der Waals surface area contributed by atoms with Crippen molar-refractivity contribution < 1.29 is 14.1 Å². The maximum atomic E-state index is 12.5. The maximum absolute atomic E-state index is 12.5. The second kappa shape index (κ2) is 7.29. The molecule has 0 fully saturated rings. The van der Waals surface area contributed by atoms with Crippen LogP contribution in [0.1, 0.15) is 41.7 Å². The van der Waals surface area contributed by atoms with Crippen molar-refractivity contribution in [1.29, 1.82) is 0 Å². The average Bonchev–Trinajstić information content (AvgIpc) is 3.04. The van der Waals surface area contributed by atoms with Crippen molar-refractivity contribution in [2.75, 3.05) is 0 Å². The lowest BCUT2D eigenvalue weighted by Crippen LogP contribution is -2.26.